The molecular formula is C15H28O9. The monoisotopic (exact) mass is 352 g/mol. The largest absolute Gasteiger partial charge is 0.376 e. The van der Waals surface area contributed by atoms with Crippen molar-refractivity contribution in [3.63, 3.8) is 0 Å². The molecular weight excluding hydrogens is 324 g/mol. The zero-order chi connectivity index (χ0) is 17.7. The van der Waals surface area contributed by atoms with Crippen LogP contribution in [0.3, 0.4) is 0 Å². The van der Waals surface area contributed by atoms with Crippen LogP contribution in [0, 0.1) is 0 Å². The molecule has 2 saturated heterocycles. The highest BCUT2D eigenvalue weighted by molar-refractivity contribution is 4.90. The topological polar surface area (TPSA) is 94.1 Å². The van der Waals surface area contributed by atoms with Crippen molar-refractivity contribution in [1.82, 2.24) is 0 Å². The second-order valence-electron chi connectivity index (χ2n) is 5.68. The highest BCUT2D eigenvalue weighted by atomic mass is 16.7. The second-order valence-corrected chi connectivity index (χ2v) is 5.68. The van der Waals surface area contributed by atoms with Gasteiger partial charge in [0, 0.05) is 35.5 Å². The Morgan fingerprint density at radius 3 is 1.75 bits per heavy atom. The summed E-state index contributed by atoms with van der Waals surface area (Å²) in [5.41, 5.74) is 0. The molecule has 0 aromatic heterocycles. The Hall–Kier alpha value is -0.360. The van der Waals surface area contributed by atoms with E-state index in [1.165, 1.54) is 14.2 Å². The van der Waals surface area contributed by atoms with E-state index in [2.05, 4.69) is 0 Å². The van der Waals surface area contributed by atoms with Crippen molar-refractivity contribution in [2.45, 2.75) is 49.2 Å². The number of hydrogen-bond acceptors (Lipinski definition) is 9. The molecule has 2 aliphatic heterocycles. The summed E-state index contributed by atoms with van der Waals surface area (Å²) in [6.07, 6.45) is -4.52. The molecule has 2 aliphatic rings. The summed E-state index contributed by atoms with van der Waals surface area (Å²) in [6, 6.07) is 0. The Balaban J connectivity index is 2.07. The summed E-state index contributed by atoms with van der Waals surface area (Å²) in [5, 5.41) is 9.86. The number of aliphatic hydroxyl groups is 1. The number of ether oxygens (including phenoxy) is 8. The molecule has 9 heteroatoms. The predicted octanol–water partition coefficient (Wildman–Crippen LogP) is -0.848. The Morgan fingerprint density at radius 2 is 1.21 bits per heavy atom. The predicted molar refractivity (Wildman–Crippen MR) is 80.6 cm³/mol. The van der Waals surface area contributed by atoms with Crippen LogP contribution in [0.15, 0.2) is 0 Å². The summed E-state index contributed by atoms with van der Waals surface area (Å²) in [7, 11) is 7.74. The van der Waals surface area contributed by atoms with E-state index >= 15 is 0 Å². The average Bonchev–Trinajstić information content (AvgIpc) is 2.61. The minimum Gasteiger partial charge on any atom is -0.376 e. The van der Waals surface area contributed by atoms with E-state index < -0.39 is 37.0 Å². The smallest absolute Gasteiger partial charge is 0.187 e. The number of rotatable bonds is 7. The quantitative estimate of drug-likeness (QED) is 0.629. The molecule has 2 rings (SSSR count). The molecule has 2 fully saturated rings. The van der Waals surface area contributed by atoms with Crippen LogP contribution in [0.4, 0.5) is 0 Å². The second kappa shape index (κ2) is 9.37. The zero-order valence-corrected chi connectivity index (χ0v) is 14.7. The first kappa shape index (κ1) is 20.0. The first-order valence-corrected chi connectivity index (χ1v) is 7.81. The third-order valence-corrected chi connectivity index (χ3v) is 4.49. The molecule has 0 amide bonds. The van der Waals surface area contributed by atoms with Gasteiger partial charge in [0.05, 0.1) is 13.2 Å². The molecule has 1 N–H and O–H groups in total. The molecule has 0 aliphatic carbocycles. The molecule has 0 bridgehead atoms. The van der Waals surface area contributed by atoms with Crippen LogP contribution in [0.25, 0.3) is 0 Å². The lowest BCUT2D eigenvalue weighted by Gasteiger charge is -2.44. The maximum absolute atomic E-state index is 9.86. The molecule has 0 aromatic carbocycles. The molecule has 0 spiro atoms. The van der Waals surface area contributed by atoms with E-state index in [9.17, 15) is 5.11 Å². The van der Waals surface area contributed by atoms with Gasteiger partial charge in [-0.25, -0.2) is 0 Å². The van der Waals surface area contributed by atoms with Crippen molar-refractivity contribution in [2.24, 2.45) is 0 Å². The van der Waals surface area contributed by atoms with Gasteiger partial charge in [0.15, 0.2) is 12.6 Å². The molecule has 4 unspecified atom stereocenters. The third-order valence-electron chi connectivity index (χ3n) is 4.49. The van der Waals surface area contributed by atoms with E-state index in [4.69, 9.17) is 37.9 Å². The van der Waals surface area contributed by atoms with Gasteiger partial charge >= 0.3 is 0 Å². The normalized spacial score (nSPS) is 43.8. The fraction of sp³-hybridized carbons (Fsp3) is 1.00. The van der Waals surface area contributed by atoms with Crippen LogP contribution in [0.5, 0.6) is 0 Å². The Morgan fingerprint density at radius 1 is 0.667 bits per heavy atom. The van der Waals surface area contributed by atoms with Crippen LogP contribution in [0.2, 0.25) is 0 Å². The molecule has 0 radical (unpaired) electrons. The van der Waals surface area contributed by atoms with Gasteiger partial charge in [-0.1, -0.05) is 0 Å². The molecule has 9 nitrogen and oxygen atoms in total. The summed E-state index contributed by atoms with van der Waals surface area (Å²) in [4.78, 5) is 0. The first-order valence-electron chi connectivity index (χ1n) is 7.81. The van der Waals surface area contributed by atoms with E-state index in [0.717, 1.165) is 0 Å². The minimum absolute atomic E-state index is 0.140. The highest BCUT2D eigenvalue weighted by Gasteiger charge is 2.47. The van der Waals surface area contributed by atoms with E-state index in [1.807, 2.05) is 0 Å². The Kier molecular flexibility index (Phi) is 7.79. The van der Waals surface area contributed by atoms with Crippen LogP contribution in [0.1, 0.15) is 0 Å². The SMILES string of the molecule is COC1C(O)OCC(O[C@H]2OC[C@@H](OC)[C@H](OC)[C@@H]2OC)C1OC. The van der Waals surface area contributed by atoms with E-state index in [-0.39, 0.29) is 18.8 Å². The zero-order valence-electron chi connectivity index (χ0n) is 14.7. The Bertz CT molecular complexity index is 369. The van der Waals surface area contributed by atoms with Crippen molar-refractivity contribution in [3.05, 3.63) is 0 Å². The lowest BCUT2D eigenvalue weighted by Crippen LogP contribution is -2.60. The number of methoxy groups -OCH3 is 5. The molecule has 142 valence electrons. The minimum atomic E-state index is -1.07. The van der Waals surface area contributed by atoms with Gasteiger partial charge in [0.25, 0.3) is 0 Å². The fourth-order valence-electron chi connectivity index (χ4n) is 3.18. The molecule has 0 saturated carbocycles. The summed E-state index contributed by atoms with van der Waals surface area (Å²) in [5.74, 6) is 0. The fourth-order valence-corrected chi connectivity index (χ4v) is 3.18. The van der Waals surface area contributed by atoms with Crippen molar-refractivity contribution < 1.29 is 43.0 Å². The maximum atomic E-state index is 9.86. The number of hydrogen-bond donors (Lipinski definition) is 1. The Labute approximate surface area is 142 Å². The number of aliphatic hydroxyl groups excluding tert-OH is 1. The van der Waals surface area contributed by atoms with E-state index in [1.54, 1.807) is 21.3 Å². The van der Waals surface area contributed by atoms with E-state index in [0.29, 0.717) is 6.61 Å². The van der Waals surface area contributed by atoms with Crippen molar-refractivity contribution in [2.75, 3.05) is 48.8 Å². The highest BCUT2D eigenvalue weighted by Crippen LogP contribution is 2.28. The van der Waals surface area contributed by atoms with Gasteiger partial charge in [-0.15, -0.1) is 0 Å². The van der Waals surface area contributed by atoms with Crippen molar-refractivity contribution in [3.8, 4) is 0 Å². The maximum Gasteiger partial charge on any atom is 0.187 e. The standard InChI is InChI=1S/C15H28O9/c1-17-8-6-23-15(13(21-5)10(8)18-2)24-9-7-22-14(16)12(20-4)11(9)19-3/h8-16H,6-7H2,1-5H3/t8-,9?,10+,11?,12?,13+,14?,15-/m1/s1. The van der Waals surface area contributed by atoms with Crippen LogP contribution in [-0.4, -0.2) is 103 Å². The molecule has 8 atom stereocenters. The van der Waals surface area contributed by atoms with Crippen LogP contribution < -0.4 is 0 Å². The van der Waals surface area contributed by atoms with Crippen molar-refractivity contribution in [1.29, 1.82) is 0 Å². The van der Waals surface area contributed by atoms with Gasteiger partial charge in [0.1, 0.15) is 36.6 Å². The molecule has 2 heterocycles. The van der Waals surface area contributed by atoms with Crippen LogP contribution >= 0.6 is 0 Å². The lowest BCUT2D eigenvalue weighted by atomic mass is 10.0. The van der Waals surface area contributed by atoms with Gasteiger partial charge < -0.3 is 43.0 Å². The summed E-state index contributed by atoms with van der Waals surface area (Å²) >= 11 is 0. The van der Waals surface area contributed by atoms with Gasteiger partial charge in [-0.2, -0.15) is 0 Å². The average molecular weight is 352 g/mol. The lowest BCUT2D eigenvalue weighted by molar-refractivity contribution is -0.333. The van der Waals surface area contributed by atoms with Crippen molar-refractivity contribution >= 4 is 0 Å². The molecule has 0 aromatic rings. The third kappa shape index (κ3) is 4.06. The van der Waals surface area contributed by atoms with Gasteiger partial charge in [-0.05, 0) is 0 Å². The molecule has 24 heavy (non-hydrogen) atoms. The first-order chi connectivity index (χ1) is 11.6. The van der Waals surface area contributed by atoms with Crippen LogP contribution in [-0.2, 0) is 37.9 Å². The van der Waals surface area contributed by atoms with Gasteiger partial charge in [-0.3, -0.25) is 0 Å². The summed E-state index contributed by atoms with van der Waals surface area (Å²) in [6.45, 7) is 0.447. The summed E-state index contributed by atoms with van der Waals surface area (Å²) < 4.78 is 44.1. The van der Waals surface area contributed by atoms with Gasteiger partial charge in [0.2, 0.25) is 0 Å².